The second-order valence-corrected chi connectivity index (χ2v) is 11.5. The van der Waals surface area contributed by atoms with Crippen molar-refractivity contribution >= 4 is 62.2 Å². The Balaban J connectivity index is 1.74. The first-order chi connectivity index (χ1) is 14.9. The van der Waals surface area contributed by atoms with Crippen LogP contribution in [-0.4, -0.2) is 21.9 Å². The minimum absolute atomic E-state index is 0.0348. The lowest BCUT2D eigenvalue weighted by Crippen LogP contribution is -1.92. The molecule has 1 N–H and O–H groups in total. The van der Waals surface area contributed by atoms with Gasteiger partial charge < -0.3 is 5.11 Å². The van der Waals surface area contributed by atoms with Crippen LogP contribution in [0.5, 0.6) is 5.75 Å². The maximum Gasteiger partial charge on any atom is 0.265 e. The van der Waals surface area contributed by atoms with Crippen molar-refractivity contribution in [1.29, 1.82) is 0 Å². The number of aromatic hydroxyl groups is 1. The average molecular weight is 513 g/mol. The van der Waals surface area contributed by atoms with Gasteiger partial charge in [0.15, 0.2) is 0 Å². The summed E-state index contributed by atoms with van der Waals surface area (Å²) < 4.78 is 45.6. The van der Waals surface area contributed by atoms with Gasteiger partial charge in [0.1, 0.15) is 10.6 Å². The molecule has 0 spiro atoms. The SMILES string of the molecule is Cc1cc(N=Nc2ccc(N=Nc3ccc(S(=O)(=O)Cl)cc3)cc2)cc(S(=O)(=O)Cl)c1O. The second-order valence-electron chi connectivity index (χ2n) is 6.40. The fraction of sp³-hybridized carbons (Fsp3) is 0.0526. The Labute approximate surface area is 192 Å². The van der Waals surface area contributed by atoms with Crippen LogP contribution in [0.25, 0.3) is 0 Å². The monoisotopic (exact) mass is 512 g/mol. The summed E-state index contributed by atoms with van der Waals surface area (Å²) >= 11 is 0. The van der Waals surface area contributed by atoms with Gasteiger partial charge in [0, 0.05) is 21.4 Å². The minimum Gasteiger partial charge on any atom is -0.506 e. The van der Waals surface area contributed by atoms with Crippen LogP contribution in [0.2, 0.25) is 0 Å². The van der Waals surface area contributed by atoms with Crippen molar-refractivity contribution in [2.45, 2.75) is 16.7 Å². The third-order valence-corrected chi connectivity index (χ3v) is 6.75. The Morgan fingerprint density at radius 3 is 1.47 bits per heavy atom. The molecule has 0 aliphatic rings. The maximum atomic E-state index is 11.6. The predicted molar refractivity (Wildman–Crippen MR) is 120 cm³/mol. The number of halogens is 2. The number of nitrogens with zero attached hydrogens (tertiary/aromatic N) is 4. The van der Waals surface area contributed by atoms with Crippen molar-refractivity contribution in [2.24, 2.45) is 20.5 Å². The Hall–Kier alpha value is -2.86. The number of phenolic OH excluding ortho intramolecular Hbond substituents is 1. The molecule has 0 bridgehead atoms. The van der Waals surface area contributed by atoms with E-state index < -0.39 is 28.7 Å². The number of benzene rings is 3. The van der Waals surface area contributed by atoms with Gasteiger partial charge in [0.2, 0.25) is 0 Å². The first-order valence-electron chi connectivity index (χ1n) is 8.70. The summed E-state index contributed by atoms with van der Waals surface area (Å²) in [6.45, 7) is 1.52. The van der Waals surface area contributed by atoms with Crippen LogP contribution < -0.4 is 0 Å². The van der Waals surface area contributed by atoms with E-state index in [0.717, 1.165) is 6.07 Å². The highest BCUT2D eigenvalue weighted by molar-refractivity contribution is 8.14. The molecule has 0 fully saturated rings. The molecule has 0 atom stereocenters. The van der Waals surface area contributed by atoms with Gasteiger partial charge >= 0.3 is 0 Å². The number of azo groups is 2. The number of rotatable bonds is 6. The molecule has 3 aromatic rings. The van der Waals surface area contributed by atoms with Crippen LogP contribution in [0.3, 0.4) is 0 Å². The van der Waals surface area contributed by atoms with E-state index in [4.69, 9.17) is 21.4 Å². The molecule has 0 radical (unpaired) electrons. The van der Waals surface area contributed by atoms with Crippen molar-refractivity contribution in [3.8, 4) is 5.75 Å². The van der Waals surface area contributed by atoms with Crippen molar-refractivity contribution in [2.75, 3.05) is 0 Å². The summed E-state index contributed by atoms with van der Waals surface area (Å²) in [7, 11) is 2.65. The summed E-state index contributed by atoms with van der Waals surface area (Å²) in [5, 5.41) is 25.9. The molecular weight excluding hydrogens is 499 g/mol. The summed E-state index contributed by atoms with van der Waals surface area (Å²) in [5.41, 5.74) is 1.89. The van der Waals surface area contributed by atoms with Crippen LogP contribution in [0.1, 0.15) is 5.56 Å². The largest absolute Gasteiger partial charge is 0.506 e. The van der Waals surface area contributed by atoms with Crippen molar-refractivity contribution in [1.82, 2.24) is 0 Å². The quantitative estimate of drug-likeness (QED) is 0.301. The zero-order valence-corrected chi connectivity index (χ0v) is 19.4. The molecule has 9 nitrogen and oxygen atoms in total. The Morgan fingerprint density at radius 2 is 1.06 bits per heavy atom. The molecule has 0 aromatic heterocycles. The third-order valence-electron chi connectivity index (χ3n) is 4.04. The average Bonchev–Trinajstić information content (AvgIpc) is 2.72. The van der Waals surface area contributed by atoms with Crippen molar-refractivity contribution < 1.29 is 21.9 Å². The molecule has 0 aliphatic heterocycles. The summed E-state index contributed by atoms with van der Waals surface area (Å²) in [6.07, 6.45) is 0. The zero-order valence-electron chi connectivity index (χ0n) is 16.2. The fourth-order valence-corrected chi connectivity index (χ4v) is 4.24. The first kappa shape index (κ1) is 23.8. The smallest absolute Gasteiger partial charge is 0.265 e. The zero-order chi connectivity index (χ0) is 23.5. The van der Waals surface area contributed by atoms with Gasteiger partial charge in [-0.3, -0.25) is 0 Å². The van der Waals surface area contributed by atoms with E-state index in [0.29, 0.717) is 17.1 Å². The van der Waals surface area contributed by atoms with Gasteiger partial charge in [-0.25, -0.2) is 16.8 Å². The summed E-state index contributed by atoms with van der Waals surface area (Å²) in [4.78, 5) is -0.479. The highest BCUT2D eigenvalue weighted by Crippen LogP contribution is 2.34. The van der Waals surface area contributed by atoms with Crippen LogP contribution in [-0.2, 0) is 18.1 Å². The van der Waals surface area contributed by atoms with E-state index in [1.165, 1.54) is 37.3 Å². The second kappa shape index (κ2) is 9.33. The van der Waals surface area contributed by atoms with E-state index in [9.17, 15) is 21.9 Å². The number of hydrogen-bond donors (Lipinski definition) is 1. The topological polar surface area (TPSA) is 138 Å². The highest BCUT2D eigenvalue weighted by Gasteiger charge is 2.18. The van der Waals surface area contributed by atoms with Crippen LogP contribution in [0.4, 0.5) is 22.7 Å². The first-order valence-corrected chi connectivity index (χ1v) is 13.3. The lowest BCUT2D eigenvalue weighted by atomic mass is 10.2. The number of hydrogen-bond acceptors (Lipinski definition) is 9. The number of aryl methyl sites for hydroxylation is 1. The maximum absolute atomic E-state index is 11.6. The lowest BCUT2D eigenvalue weighted by Gasteiger charge is -2.05. The van der Waals surface area contributed by atoms with Gasteiger partial charge in [0.05, 0.1) is 27.6 Å². The molecule has 32 heavy (non-hydrogen) atoms. The molecule has 166 valence electrons. The predicted octanol–water partition coefficient (Wildman–Crippen LogP) is 6.39. The molecule has 3 rings (SSSR count). The molecule has 13 heteroatoms. The van der Waals surface area contributed by atoms with Crippen LogP contribution in [0, 0.1) is 6.92 Å². The van der Waals surface area contributed by atoms with Crippen LogP contribution >= 0.6 is 21.4 Å². The van der Waals surface area contributed by atoms with E-state index in [2.05, 4.69) is 20.5 Å². The molecular formula is C19H14Cl2N4O5S2. The van der Waals surface area contributed by atoms with Gasteiger partial charge in [0.25, 0.3) is 18.1 Å². The molecule has 0 heterocycles. The molecule has 0 aliphatic carbocycles. The molecule has 0 unspecified atom stereocenters. The molecule has 3 aromatic carbocycles. The fourth-order valence-electron chi connectivity index (χ4n) is 2.46. The van der Waals surface area contributed by atoms with Crippen molar-refractivity contribution in [3.63, 3.8) is 0 Å². The molecule has 0 saturated carbocycles. The Morgan fingerprint density at radius 1 is 0.656 bits per heavy atom. The Kier molecular flexibility index (Phi) is 6.94. The number of phenols is 1. The van der Waals surface area contributed by atoms with Gasteiger partial charge in [-0.2, -0.15) is 20.5 Å². The van der Waals surface area contributed by atoms with Gasteiger partial charge in [-0.15, -0.1) is 0 Å². The van der Waals surface area contributed by atoms with Crippen molar-refractivity contribution in [3.05, 3.63) is 66.2 Å². The van der Waals surface area contributed by atoms with E-state index in [1.54, 1.807) is 24.3 Å². The summed E-state index contributed by atoms with van der Waals surface area (Å²) in [6, 6.07) is 14.7. The lowest BCUT2D eigenvalue weighted by molar-refractivity contribution is 0.455. The third kappa shape index (κ3) is 6.10. The summed E-state index contributed by atoms with van der Waals surface area (Å²) in [5.74, 6) is -0.437. The highest BCUT2D eigenvalue weighted by atomic mass is 35.7. The van der Waals surface area contributed by atoms with Gasteiger partial charge in [-0.05, 0) is 73.2 Å². The standard InChI is InChI=1S/C19H14Cl2N4O5S2/c1-12-10-16(11-18(19(12)26)32(21,29)30)25-24-14-4-2-13(3-5-14)22-23-15-6-8-17(9-7-15)31(20,27)28/h2-11,26H,1H3. The van der Waals surface area contributed by atoms with E-state index >= 15 is 0 Å². The molecule has 0 saturated heterocycles. The van der Waals surface area contributed by atoms with E-state index in [1.807, 2.05) is 0 Å². The minimum atomic E-state index is -4.14. The molecule has 0 amide bonds. The normalized spacial score (nSPS) is 12.6. The Bertz CT molecular complexity index is 1420. The van der Waals surface area contributed by atoms with Crippen LogP contribution in [0.15, 0.2) is 90.9 Å². The van der Waals surface area contributed by atoms with Gasteiger partial charge in [-0.1, -0.05) is 0 Å². The van der Waals surface area contributed by atoms with E-state index in [-0.39, 0.29) is 16.1 Å².